The highest BCUT2D eigenvalue weighted by Crippen LogP contribution is 2.21. The second kappa shape index (κ2) is 8.56. The van der Waals surface area contributed by atoms with Crippen molar-refractivity contribution in [2.24, 2.45) is 5.73 Å². The van der Waals surface area contributed by atoms with Gasteiger partial charge < -0.3 is 15.0 Å². The Hall–Kier alpha value is -1.69. The molecule has 0 saturated heterocycles. The van der Waals surface area contributed by atoms with Gasteiger partial charge in [0.15, 0.2) is 0 Å². The summed E-state index contributed by atoms with van der Waals surface area (Å²) in [6.45, 7) is 6.65. The van der Waals surface area contributed by atoms with Gasteiger partial charge in [-0.05, 0) is 18.9 Å². The maximum Gasteiger partial charge on any atom is 0.255 e. The molecule has 1 aromatic heterocycles. The first kappa shape index (κ1) is 17.4. The van der Waals surface area contributed by atoms with E-state index in [4.69, 9.17) is 15.0 Å². The van der Waals surface area contributed by atoms with E-state index >= 15 is 0 Å². The zero-order valence-corrected chi connectivity index (χ0v) is 12.8. The molecule has 6 heteroatoms. The molecule has 21 heavy (non-hydrogen) atoms. The van der Waals surface area contributed by atoms with Crippen molar-refractivity contribution in [3.05, 3.63) is 48.4 Å². The molecule has 114 valence electrons. The van der Waals surface area contributed by atoms with Crippen LogP contribution in [0.5, 0.6) is 0 Å². The molecule has 1 unspecified atom stereocenters. The van der Waals surface area contributed by atoms with Crippen LogP contribution in [-0.2, 0) is 11.3 Å². The quantitative estimate of drug-likeness (QED) is 0.627. The minimum Gasteiger partial charge on any atom is -0.368 e. The fourth-order valence-electron chi connectivity index (χ4n) is 1.71. The van der Waals surface area contributed by atoms with E-state index in [2.05, 4.69) is 16.7 Å². The SMILES string of the molecule is C=CCCOC(C)c1nc(-c2ccc(CN)cc2)no1.Cl. The lowest BCUT2D eigenvalue weighted by atomic mass is 10.1. The lowest BCUT2D eigenvalue weighted by molar-refractivity contribution is 0.0459. The fraction of sp³-hybridized carbons (Fsp3) is 0.333. The number of hydrogen-bond donors (Lipinski definition) is 1. The van der Waals surface area contributed by atoms with Crippen molar-refractivity contribution in [1.29, 1.82) is 0 Å². The van der Waals surface area contributed by atoms with Gasteiger partial charge in [-0.1, -0.05) is 35.5 Å². The van der Waals surface area contributed by atoms with Crippen LogP contribution < -0.4 is 5.73 Å². The summed E-state index contributed by atoms with van der Waals surface area (Å²) in [5.41, 5.74) is 7.53. The predicted molar refractivity (Wildman–Crippen MR) is 84.1 cm³/mol. The molecule has 1 atom stereocenters. The molecule has 0 amide bonds. The average molecular weight is 310 g/mol. The lowest BCUT2D eigenvalue weighted by Crippen LogP contribution is -2.01. The summed E-state index contributed by atoms with van der Waals surface area (Å²) in [6.07, 6.45) is 2.39. The highest BCUT2D eigenvalue weighted by molar-refractivity contribution is 5.85. The molecule has 0 aliphatic heterocycles. The van der Waals surface area contributed by atoms with Crippen molar-refractivity contribution < 1.29 is 9.26 Å². The van der Waals surface area contributed by atoms with Gasteiger partial charge in [0.25, 0.3) is 5.89 Å². The fourth-order valence-corrected chi connectivity index (χ4v) is 1.71. The number of ether oxygens (including phenoxy) is 1. The molecule has 2 N–H and O–H groups in total. The van der Waals surface area contributed by atoms with Gasteiger partial charge in [-0.2, -0.15) is 4.98 Å². The Morgan fingerprint density at radius 1 is 1.38 bits per heavy atom. The van der Waals surface area contributed by atoms with Gasteiger partial charge >= 0.3 is 0 Å². The molecular formula is C15H20ClN3O2. The van der Waals surface area contributed by atoms with E-state index in [-0.39, 0.29) is 18.5 Å². The molecule has 0 fully saturated rings. The van der Waals surface area contributed by atoms with E-state index in [1.165, 1.54) is 0 Å². The van der Waals surface area contributed by atoms with Crippen LogP contribution in [0.25, 0.3) is 11.4 Å². The smallest absolute Gasteiger partial charge is 0.255 e. The standard InChI is InChI=1S/C15H19N3O2.ClH/c1-3-4-9-19-11(2)15-17-14(18-20-15)13-7-5-12(10-16)6-8-13;/h3,5-8,11H,1,4,9-10,16H2,2H3;1H. The van der Waals surface area contributed by atoms with Crippen LogP contribution in [0, 0.1) is 0 Å². The third kappa shape index (κ3) is 4.67. The molecule has 1 heterocycles. The Morgan fingerprint density at radius 2 is 2.10 bits per heavy atom. The molecular weight excluding hydrogens is 290 g/mol. The summed E-state index contributed by atoms with van der Waals surface area (Å²) < 4.78 is 10.8. The van der Waals surface area contributed by atoms with Crippen LogP contribution in [0.1, 0.15) is 30.9 Å². The van der Waals surface area contributed by atoms with E-state index in [0.717, 1.165) is 17.5 Å². The Morgan fingerprint density at radius 3 is 2.71 bits per heavy atom. The van der Waals surface area contributed by atoms with Crippen molar-refractivity contribution in [3.63, 3.8) is 0 Å². The van der Waals surface area contributed by atoms with Crippen molar-refractivity contribution in [3.8, 4) is 11.4 Å². The summed E-state index contributed by atoms with van der Waals surface area (Å²) in [6, 6.07) is 7.77. The maximum absolute atomic E-state index is 5.57. The van der Waals surface area contributed by atoms with Crippen LogP contribution in [0.4, 0.5) is 0 Å². The Balaban J connectivity index is 0.00000220. The molecule has 0 radical (unpaired) electrons. The summed E-state index contributed by atoms with van der Waals surface area (Å²) in [4.78, 5) is 4.35. The zero-order valence-electron chi connectivity index (χ0n) is 12.0. The summed E-state index contributed by atoms with van der Waals surface area (Å²) in [5.74, 6) is 1.04. The Labute approximate surface area is 130 Å². The van der Waals surface area contributed by atoms with Crippen molar-refractivity contribution in [2.45, 2.75) is 26.0 Å². The van der Waals surface area contributed by atoms with Gasteiger partial charge in [0.05, 0.1) is 6.61 Å². The second-order valence-corrected chi connectivity index (χ2v) is 4.45. The van der Waals surface area contributed by atoms with Crippen LogP contribution in [-0.4, -0.2) is 16.7 Å². The van der Waals surface area contributed by atoms with Gasteiger partial charge in [-0.15, -0.1) is 19.0 Å². The predicted octanol–water partition coefficient (Wildman–Crippen LogP) is 3.27. The van der Waals surface area contributed by atoms with Crippen molar-refractivity contribution in [2.75, 3.05) is 6.61 Å². The largest absolute Gasteiger partial charge is 0.368 e. The summed E-state index contributed by atoms with van der Waals surface area (Å²) in [5, 5.41) is 3.97. The first-order valence-corrected chi connectivity index (χ1v) is 6.60. The number of hydrogen-bond acceptors (Lipinski definition) is 5. The molecule has 2 aromatic rings. The van der Waals surface area contributed by atoms with Gasteiger partial charge in [0, 0.05) is 12.1 Å². The zero-order chi connectivity index (χ0) is 14.4. The van der Waals surface area contributed by atoms with E-state index < -0.39 is 0 Å². The summed E-state index contributed by atoms with van der Waals surface area (Å²) in [7, 11) is 0. The topological polar surface area (TPSA) is 74.2 Å². The van der Waals surface area contributed by atoms with Gasteiger partial charge in [0.1, 0.15) is 6.10 Å². The van der Waals surface area contributed by atoms with Crippen molar-refractivity contribution >= 4 is 12.4 Å². The molecule has 2 rings (SSSR count). The third-order valence-electron chi connectivity index (χ3n) is 2.93. The normalized spacial score (nSPS) is 11.7. The first-order chi connectivity index (χ1) is 9.74. The Bertz CT molecular complexity index is 554. The average Bonchev–Trinajstić information content (AvgIpc) is 2.97. The van der Waals surface area contributed by atoms with Gasteiger partial charge in [0.2, 0.25) is 5.82 Å². The molecule has 0 spiro atoms. The van der Waals surface area contributed by atoms with Gasteiger partial charge in [-0.25, -0.2) is 0 Å². The van der Waals surface area contributed by atoms with Gasteiger partial charge in [-0.3, -0.25) is 0 Å². The number of halogens is 1. The van der Waals surface area contributed by atoms with E-state index in [9.17, 15) is 0 Å². The number of aromatic nitrogens is 2. The highest BCUT2D eigenvalue weighted by atomic mass is 35.5. The van der Waals surface area contributed by atoms with E-state index in [1.54, 1.807) is 0 Å². The molecule has 0 saturated carbocycles. The minimum absolute atomic E-state index is 0. The van der Waals surface area contributed by atoms with Crippen LogP contribution >= 0.6 is 12.4 Å². The minimum atomic E-state index is -0.223. The number of benzene rings is 1. The number of nitrogens with two attached hydrogens (primary N) is 1. The van der Waals surface area contributed by atoms with Crippen LogP contribution in [0.2, 0.25) is 0 Å². The molecule has 5 nitrogen and oxygen atoms in total. The molecule has 1 aromatic carbocycles. The van der Waals surface area contributed by atoms with Crippen molar-refractivity contribution in [1.82, 2.24) is 10.1 Å². The monoisotopic (exact) mass is 309 g/mol. The lowest BCUT2D eigenvalue weighted by Gasteiger charge is -2.06. The van der Waals surface area contributed by atoms with Crippen LogP contribution in [0.3, 0.4) is 0 Å². The van der Waals surface area contributed by atoms with Crippen LogP contribution in [0.15, 0.2) is 41.4 Å². The maximum atomic E-state index is 5.57. The highest BCUT2D eigenvalue weighted by Gasteiger charge is 2.15. The molecule has 0 aliphatic carbocycles. The number of rotatable bonds is 7. The Kier molecular flexibility index (Phi) is 7.08. The third-order valence-corrected chi connectivity index (χ3v) is 2.93. The number of nitrogens with zero attached hydrogens (tertiary/aromatic N) is 2. The van der Waals surface area contributed by atoms with E-state index in [0.29, 0.717) is 24.9 Å². The first-order valence-electron chi connectivity index (χ1n) is 6.60. The molecule has 0 bridgehead atoms. The molecule has 0 aliphatic rings. The second-order valence-electron chi connectivity index (χ2n) is 4.45. The van der Waals surface area contributed by atoms with E-state index in [1.807, 2.05) is 37.3 Å². The summed E-state index contributed by atoms with van der Waals surface area (Å²) >= 11 is 0.